The van der Waals surface area contributed by atoms with E-state index >= 15 is 0 Å². The molecule has 180 valence electrons. The normalized spacial score (nSPS) is 26.9. The van der Waals surface area contributed by atoms with Crippen molar-refractivity contribution in [3.05, 3.63) is 27.7 Å². The molecule has 3 aliphatic rings. The third kappa shape index (κ3) is 4.22. The molecule has 4 rings (SSSR count). The minimum absolute atomic E-state index is 0.146. The summed E-state index contributed by atoms with van der Waals surface area (Å²) in [7, 11) is 1.55. The number of carbonyl (C=O) groups is 3. The lowest BCUT2D eigenvalue weighted by molar-refractivity contribution is -0.130. The number of carbonyl (C=O) groups excluding carboxylic acids is 3. The molecule has 8 nitrogen and oxygen atoms in total. The Morgan fingerprint density at radius 1 is 1.24 bits per heavy atom. The molecule has 33 heavy (non-hydrogen) atoms. The Bertz CT molecular complexity index is 987. The number of imide groups is 1. The molecular weight excluding hydrogens is 469 g/mol. The smallest absolute Gasteiger partial charge is 0.410 e. The topological polar surface area (TPSA) is 88.2 Å². The lowest BCUT2D eigenvalue weighted by atomic mass is 9.81. The van der Waals surface area contributed by atoms with Crippen molar-refractivity contribution in [2.75, 3.05) is 38.3 Å². The number of rotatable bonds is 3. The van der Waals surface area contributed by atoms with Crippen molar-refractivity contribution in [3.63, 3.8) is 0 Å². The first-order chi connectivity index (χ1) is 15.5. The number of likely N-dealkylation sites (tertiary alicyclic amines) is 1. The van der Waals surface area contributed by atoms with Gasteiger partial charge in [0.1, 0.15) is 5.60 Å². The largest absolute Gasteiger partial charge is 0.444 e. The van der Waals surface area contributed by atoms with Crippen LogP contribution in [0, 0.1) is 5.92 Å². The first kappa shape index (κ1) is 24.3. The summed E-state index contributed by atoms with van der Waals surface area (Å²) in [5, 5.41) is 3.86. The van der Waals surface area contributed by atoms with Gasteiger partial charge in [-0.15, -0.1) is 0 Å². The Balaban J connectivity index is 1.65. The summed E-state index contributed by atoms with van der Waals surface area (Å²) in [6, 6.07) is 2.97. The third-order valence-electron chi connectivity index (χ3n) is 6.53. The van der Waals surface area contributed by atoms with E-state index in [4.69, 9.17) is 32.7 Å². The van der Waals surface area contributed by atoms with Gasteiger partial charge in [-0.25, -0.2) is 9.69 Å². The number of methoxy groups -OCH3 is 1. The molecule has 0 saturated carbocycles. The van der Waals surface area contributed by atoms with Crippen LogP contribution in [-0.2, 0) is 24.5 Å². The standard InChI is InChI=1S/C23H29Cl2N3O5/c1-22(2,3)33-21(31)27-10-13(7-14(27)11-32-4)19(29)28-18-9-17(25)16(24)8-15(18)23(20(28)30)5-6-26-12-23/h8-9,13-14,26H,5-7,10-12H2,1-4H3/t13-,14-,23+/m0/s1. The van der Waals surface area contributed by atoms with E-state index in [1.807, 2.05) is 0 Å². The van der Waals surface area contributed by atoms with Crippen LogP contribution in [-0.4, -0.2) is 67.8 Å². The summed E-state index contributed by atoms with van der Waals surface area (Å²) in [4.78, 5) is 43.0. The highest BCUT2D eigenvalue weighted by Gasteiger charge is 2.56. The number of hydrogen-bond acceptors (Lipinski definition) is 6. The fourth-order valence-corrected chi connectivity index (χ4v) is 5.36. The zero-order valence-corrected chi connectivity index (χ0v) is 20.8. The van der Waals surface area contributed by atoms with Gasteiger partial charge >= 0.3 is 6.09 Å². The minimum Gasteiger partial charge on any atom is -0.444 e. The van der Waals surface area contributed by atoms with E-state index in [9.17, 15) is 14.4 Å². The minimum atomic E-state index is -0.839. The lowest BCUT2D eigenvalue weighted by Crippen LogP contribution is -2.47. The first-order valence-electron chi connectivity index (χ1n) is 11.1. The van der Waals surface area contributed by atoms with Crippen molar-refractivity contribution < 1.29 is 23.9 Å². The lowest BCUT2D eigenvalue weighted by Gasteiger charge is -2.28. The van der Waals surface area contributed by atoms with Crippen molar-refractivity contribution in [2.24, 2.45) is 5.92 Å². The average Bonchev–Trinajstić information content (AvgIpc) is 3.42. The van der Waals surface area contributed by atoms with E-state index in [0.29, 0.717) is 36.6 Å². The Kier molecular flexibility index (Phi) is 6.41. The number of hydrogen-bond donors (Lipinski definition) is 1. The summed E-state index contributed by atoms with van der Waals surface area (Å²) < 4.78 is 10.8. The SMILES string of the molecule is COC[C@@H]1C[C@H](C(=O)N2C(=O)[C@@]3(CCNC3)c3cc(Cl)c(Cl)cc32)CN1C(=O)OC(C)(C)C. The maximum Gasteiger partial charge on any atom is 0.410 e. The molecule has 3 aliphatic heterocycles. The van der Waals surface area contributed by atoms with Crippen LogP contribution < -0.4 is 10.2 Å². The average molecular weight is 498 g/mol. The molecule has 3 amide bonds. The van der Waals surface area contributed by atoms with Gasteiger partial charge in [-0.1, -0.05) is 23.2 Å². The van der Waals surface area contributed by atoms with Gasteiger partial charge < -0.3 is 19.7 Å². The van der Waals surface area contributed by atoms with Crippen molar-refractivity contribution in [2.45, 2.75) is 50.7 Å². The molecule has 1 N–H and O–H groups in total. The number of anilines is 1. The molecule has 0 radical (unpaired) electrons. The van der Waals surface area contributed by atoms with Gasteiger partial charge in [-0.05, 0) is 57.9 Å². The van der Waals surface area contributed by atoms with Crippen LogP contribution in [0.3, 0.4) is 0 Å². The second kappa shape index (κ2) is 8.73. The molecule has 0 unspecified atom stereocenters. The molecule has 10 heteroatoms. The van der Waals surface area contributed by atoms with E-state index in [2.05, 4.69) is 5.32 Å². The van der Waals surface area contributed by atoms with Gasteiger partial charge in [0.15, 0.2) is 0 Å². The Morgan fingerprint density at radius 2 is 1.94 bits per heavy atom. The van der Waals surface area contributed by atoms with Crippen LogP contribution in [0.5, 0.6) is 0 Å². The molecule has 1 spiro atoms. The molecular formula is C23H29Cl2N3O5. The molecule has 0 aromatic heterocycles. The van der Waals surface area contributed by atoms with Gasteiger partial charge in [0.05, 0.1) is 39.7 Å². The second-order valence-electron chi connectivity index (χ2n) is 9.95. The summed E-state index contributed by atoms with van der Waals surface area (Å²) >= 11 is 12.6. The first-order valence-corrected chi connectivity index (χ1v) is 11.8. The fraction of sp³-hybridized carbons (Fsp3) is 0.609. The summed E-state index contributed by atoms with van der Waals surface area (Å²) in [5.41, 5.74) is -0.314. The fourth-order valence-electron chi connectivity index (χ4n) is 5.04. The van der Waals surface area contributed by atoms with Crippen LogP contribution >= 0.6 is 23.2 Å². The van der Waals surface area contributed by atoms with E-state index in [1.54, 1.807) is 40.0 Å². The van der Waals surface area contributed by atoms with Gasteiger partial charge in [0, 0.05) is 20.2 Å². The summed E-state index contributed by atoms with van der Waals surface area (Å²) in [5.74, 6) is -1.20. The molecule has 3 heterocycles. The quantitative estimate of drug-likeness (QED) is 0.644. The van der Waals surface area contributed by atoms with Crippen molar-refractivity contribution in [3.8, 4) is 0 Å². The zero-order chi connectivity index (χ0) is 24.1. The molecule has 1 aromatic rings. The van der Waals surface area contributed by atoms with Crippen LogP contribution in [0.4, 0.5) is 10.5 Å². The van der Waals surface area contributed by atoms with Gasteiger partial charge in [0.25, 0.3) is 0 Å². The van der Waals surface area contributed by atoms with E-state index in [0.717, 1.165) is 5.56 Å². The molecule has 3 atom stereocenters. The van der Waals surface area contributed by atoms with Gasteiger partial charge in [-0.2, -0.15) is 0 Å². The van der Waals surface area contributed by atoms with Crippen LogP contribution in [0.25, 0.3) is 0 Å². The second-order valence-corrected chi connectivity index (χ2v) is 10.8. The van der Waals surface area contributed by atoms with Crippen molar-refractivity contribution in [1.29, 1.82) is 0 Å². The number of halogens is 2. The number of amides is 3. The monoisotopic (exact) mass is 497 g/mol. The highest BCUT2D eigenvalue weighted by atomic mass is 35.5. The van der Waals surface area contributed by atoms with Crippen LogP contribution in [0.15, 0.2) is 12.1 Å². The van der Waals surface area contributed by atoms with E-state index in [-0.39, 0.29) is 36.0 Å². The third-order valence-corrected chi connectivity index (χ3v) is 7.26. The summed E-state index contributed by atoms with van der Waals surface area (Å²) in [6.45, 7) is 6.88. The van der Waals surface area contributed by atoms with E-state index in [1.165, 1.54) is 9.80 Å². The van der Waals surface area contributed by atoms with E-state index < -0.39 is 23.0 Å². The van der Waals surface area contributed by atoms with Crippen molar-refractivity contribution >= 4 is 46.8 Å². The molecule has 1 aromatic carbocycles. The predicted molar refractivity (Wildman–Crippen MR) is 125 cm³/mol. The number of fused-ring (bicyclic) bond motifs is 2. The number of benzene rings is 1. The Morgan fingerprint density at radius 3 is 2.55 bits per heavy atom. The maximum atomic E-state index is 13.7. The Labute approximate surface area is 203 Å². The molecule has 0 aliphatic carbocycles. The summed E-state index contributed by atoms with van der Waals surface area (Å²) in [6.07, 6.45) is 0.443. The van der Waals surface area contributed by atoms with Crippen LogP contribution in [0.2, 0.25) is 10.0 Å². The van der Waals surface area contributed by atoms with Crippen molar-refractivity contribution in [1.82, 2.24) is 10.2 Å². The van der Waals surface area contributed by atoms with Gasteiger partial charge in [-0.3, -0.25) is 9.59 Å². The van der Waals surface area contributed by atoms with Crippen LogP contribution in [0.1, 0.15) is 39.2 Å². The number of nitrogens with one attached hydrogen (secondary N) is 1. The number of nitrogens with zero attached hydrogens (tertiary/aromatic N) is 2. The molecule has 2 saturated heterocycles. The maximum absolute atomic E-state index is 13.7. The molecule has 0 bridgehead atoms. The predicted octanol–water partition coefficient (Wildman–Crippen LogP) is 3.37. The zero-order valence-electron chi connectivity index (χ0n) is 19.2. The highest BCUT2D eigenvalue weighted by molar-refractivity contribution is 6.42. The number of ether oxygens (including phenoxy) is 2. The van der Waals surface area contributed by atoms with Gasteiger partial charge in [0.2, 0.25) is 11.8 Å². The Hall–Kier alpha value is -1.87. The molecule has 2 fully saturated rings. The highest BCUT2D eigenvalue weighted by Crippen LogP contribution is 2.49.